The van der Waals surface area contributed by atoms with Crippen LogP contribution >= 0.6 is 0 Å². The van der Waals surface area contributed by atoms with Gasteiger partial charge in [0.1, 0.15) is 11.5 Å². The lowest BCUT2D eigenvalue weighted by Crippen LogP contribution is -2.32. The molecule has 1 amide bonds. The Morgan fingerprint density at radius 3 is 2.34 bits per heavy atom. The van der Waals surface area contributed by atoms with E-state index < -0.39 is 29.4 Å². The van der Waals surface area contributed by atoms with Gasteiger partial charge in [-0.25, -0.2) is 13.9 Å². The first-order valence-electron chi connectivity index (χ1n) is 8.91. The predicted octanol–water partition coefficient (Wildman–Crippen LogP) is 2.81. The highest BCUT2D eigenvalue weighted by molar-refractivity contribution is 5.97. The third kappa shape index (κ3) is 3.96. The molecule has 3 aromatic rings. The molecule has 0 saturated carbocycles. The Labute approximate surface area is 166 Å². The third-order valence-electron chi connectivity index (χ3n) is 4.55. The van der Waals surface area contributed by atoms with Crippen molar-refractivity contribution in [1.82, 2.24) is 9.36 Å². The minimum atomic E-state index is -1.23. The number of hydrogen-bond acceptors (Lipinski definition) is 4. The molecule has 3 rings (SSSR count). The number of halogens is 1. The Kier molecular flexibility index (Phi) is 5.63. The van der Waals surface area contributed by atoms with Gasteiger partial charge in [-0.3, -0.25) is 14.3 Å². The molecule has 0 fully saturated rings. The minimum absolute atomic E-state index is 0.0788. The van der Waals surface area contributed by atoms with Crippen molar-refractivity contribution in [1.29, 1.82) is 0 Å². The smallest absolute Gasteiger partial charge is 0.341 e. The molecule has 7 nitrogen and oxygen atoms in total. The number of rotatable bonds is 5. The van der Waals surface area contributed by atoms with Gasteiger partial charge in [0.05, 0.1) is 16.9 Å². The van der Waals surface area contributed by atoms with Crippen molar-refractivity contribution in [2.45, 2.75) is 20.0 Å². The normalized spacial score (nSPS) is 11.7. The van der Waals surface area contributed by atoms with Crippen LogP contribution in [0.3, 0.4) is 0 Å². The first kappa shape index (κ1) is 20.1. The third-order valence-corrected chi connectivity index (χ3v) is 4.55. The zero-order valence-electron chi connectivity index (χ0n) is 16.2. The molecule has 0 spiro atoms. The van der Waals surface area contributed by atoms with Gasteiger partial charge in [-0.1, -0.05) is 30.3 Å². The lowest BCUT2D eigenvalue weighted by Gasteiger charge is -2.13. The predicted molar refractivity (Wildman–Crippen MR) is 106 cm³/mol. The topological polar surface area (TPSA) is 82.3 Å². The summed E-state index contributed by atoms with van der Waals surface area (Å²) in [7, 11) is 1.70. The van der Waals surface area contributed by atoms with Gasteiger partial charge in [0.25, 0.3) is 11.5 Å². The van der Waals surface area contributed by atoms with E-state index in [0.29, 0.717) is 11.4 Å². The van der Waals surface area contributed by atoms with Crippen LogP contribution in [0.4, 0.5) is 10.1 Å². The largest absolute Gasteiger partial charge is 0.449 e. The number of para-hydroxylation sites is 1. The molecule has 1 atom stereocenters. The number of esters is 1. The van der Waals surface area contributed by atoms with Crippen molar-refractivity contribution in [3.63, 3.8) is 0 Å². The lowest BCUT2D eigenvalue weighted by atomic mass is 10.2. The van der Waals surface area contributed by atoms with Crippen LogP contribution in [0.5, 0.6) is 0 Å². The quantitative estimate of drug-likeness (QED) is 0.671. The molecule has 0 bridgehead atoms. The summed E-state index contributed by atoms with van der Waals surface area (Å²) in [5.41, 5.74) is 0.560. The molecule has 0 radical (unpaired) electrons. The molecular weight excluding hydrogens is 377 g/mol. The molecule has 0 saturated heterocycles. The first-order chi connectivity index (χ1) is 13.8. The SMILES string of the molecule is Cc1c(NC(=O)C(C)OC(=O)c2ccccc2F)c(=O)n(-c2ccccc2)n1C. The summed E-state index contributed by atoms with van der Waals surface area (Å²) < 4.78 is 21.8. The summed E-state index contributed by atoms with van der Waals surface area (Å²) in [6.45, 7) is 3.04. The van der Waals surface area contributed by atoms with Gasteiger partial charge in [-0.15, -0.1) is 0 Å². The standard InChI is InChI=1S/C21H20FN3O4/c1-13-18(20(27)25(24(13)3)15-9-5-4-6-10-15)23-19(26)14(2)29-21(28)16-11-7-8-12-17(16)22/h4-12,14H,1-3H3,(H,23,26). The molecule has 0 aliphatic heterocycles. The van der Waals surface area contributed by atoms with E-state index in [9.17, 15) is 18.8 Å². The highest BCUT2D eigenvalue weighted by atomic mass is 19.1. The van der Waals surface area contributed by atoms with Crippen LogP contribution in [0, 0.1) is 12.7 Å². The van der Waals surface area contributed by atoms with Crippen LogP contribution in [0.1, 0.15) is 23.0 Å². The van der Waals surface area contributed by atoms with Gasteiger partial charge >= 0.3 is 5.97 Å². The second-order valence-corrected chi connectivity index (χ2v) is 6.45. The molecule has 8 heteroatoms. The summed E-state index contributed by atoms with van der Waals surface area (Å²) in [5.74, 6) is -2.40. The molecule has 1 unspecified atom stereocenters. The fourth-order valence-electron chi connectivity index (χ4n) is 2.84. The van der Waals surface area contributed by atoms with E-state index in [2.05, 4.69) is 5.32 Å². The van der Waals surface area contributed by atoms with Gasteiger partial charge in [0.2, 0.25) is 0 Å². The molecule has 1 heterocycles. The van der Waals surface area contributed by atoms with E-state index in [1.807, 2.05) is 6.07 Å². The van der Waals surface area contributed by atoms with Crippen LogP contribution in [-0.2, 0) is 16.6 Å². The van der Waals surface area contributed by atoms with Crippen molar-refractivity contribution >= 4 is 17.6 Å². The van der Waals surface area contributed by atoms with E-state index in [0.717, 1.165) is 6.07 Å². The minimum Gasteiger partial charge on any atom is -0.449 e. The van der Waals surface area contributed by atoms with Crippen molar-refractivity contribution in [3.05, 3.63) is 82.0 Å². The maximum atomic E-state index is 13.7. The van der Waals surface area contributed by atoms with Gasteiger partial charge in [0.15, 0.2) is 6.10 Å². The van der Waals surface area contributed by atoms with Crippen LogP contribution in [0.2, 0.25) is 0 Å². The number of carbonyl (C=O) groups is 2. The number of amides is 1. The number of anilines is 1. The summed E-state index contributed by atoms with van der Waals surface area (Å²) in [6.07, 6.45) is -1.23. The Bertz CT molecular complexity index is 1120. The summed E-state index contributed by atoms with van der Waals surface area (Å²) in [5, 5.41) is 2.52. The van der Waals surface area contributed by atoms with E-state index in [4.69, 9.17) is 4.74 Å². The number of ether oxygens (including phenoxy) is 1. The Morgan fingerprint density at radius 2 is 1.69 bits per heavy atom. The second-order valence-electron chi connectivity index (χ2n) is 6.45. The number of nitrogens with one attached hydrogen (secondary N) is 1. The summed E-state index contributed by atoms with van der Waals surface area (Å²) in [6, 6.07) is 14.3. The molecule has 29 heavy (non-hydrogen) atoms. The molecule has 0 aliphatic carbocycles. The van der Waals surface area contributed by atoms with E-state index >= 15 is 0 Å². The number of nitrogens with zero attached hydrogens (tertiary/aromatic N) is 2. The lowest BCUT2D eigenvalue weighted by molar-refractivity contribution is -0.123. The van der Waals surface area contributed by atoms with Gasteiger partial charge in [-0.2, -0.15) is 0 Å². The Morgan fingerprint density at radius 1 is 1.07 bits per heavy atom. The van der Waals surface area contributed by atoms with Gasteiger partial charge in [-0.05, 0) is 38.1 Å². The highest BCUT2D eigenvalue weighted by Crippen LogP contribution is 2.15. The maximum absolute atomic E-state index is 13.7. The van der Waals surface area contributed by atoms with Crippen LogP contribution in [-0.4, -0.2) is 27.3 Å². The van der Waals surface area contributed by atoms with Crippen molar-refractivity contribution in [2.75, 3.05) is 5.32 Å². The van der Waals surface area contributed by atoms with E-state index in [1.165, 1.54) is 29.8 Å². The number of carbonyl (C=O) groups excluding carboxylic acids is 2. The summed E-state index contributed by atoms with van der Waals surface area (Å²) in [4.78, 5) is 37.4. The van der Waals surface area contributed by atoms with Crippen molar-refractivity contribution < 1.29 is 18.7 Å². The van der Waals surface area contributed by atoms with Crippen LogP contribution in [0.15, 0.2) is 59.4 Å². The number of aromatic nitrogens is 2. The molecule has 1 N–H and O–H groups in total. The second kappa shape index (κ2) is 8.14. The number of hydrogen-bond donors (Lipinski definition) is 1. The zero-order chi connectivity index (χ0) is 21.1. The van der Waals surface area contributed by atoms with E-state index in [-0.39, 0.29) is 11.3 Å². The van der Waals surface area contributed by atoms with E-state index in [1.54, 1.807) is 42.9 Å². The zero-order valence-corrected chi connectivity index (χ0v) is 16.2. The fraction of sp³-hybridized carbons (Fsp3) is 0.190. The van der Waals surface area contributed by atoms with Crippen molar-refractivity contribution in [3.8, 4) is 5.69 Å². The summed E-state index contributed by atoms with van der Waals surface area (Å²) >= 11 is 0. The van der Waals surface area contributed by atoms with Gasteiger partial charge in [0, 0.05) is 7.05 Å². The number of benzene rings is 2. The highest BCUT2D eigenvalue weighted by Gasteiger charge is 2.24. The van der Waals surface area contributed by atoms with Crippen molar-refractivity contribution in [2.24, 2.45) is 7.05 Å². The monoisotopic (exact) mass is 397 g/mol. The molecule has 150 valence electrons. The molecule has 0 aliphatic rings. The first-order valence-corrected chi connectivity index (χ1v) is 8.91. The molecular formula is C21H20FN3O4. The molecule has 1 aromatic heterocycles. The van der Waals surface area contributed by atoms with Gasteiger partial charge < -0.3 is 10.1 Å². The Balaban J connectivity index is 1.80. The van der Waals surface area contributed by atoms with Crippen LogP contribution < -0.4 is 10.9 Å². The maximum Gasteiger partial charge on any atom is 0.341 e. The molecule has 2 aromatic carbocycles. The average molecular weight is 397 g/mol. The fourth-order valence-corrected chi connectivity index (χ4v) is 2.84. The average Bonchev–Trinajstić information content (AvgIpc) is 2.92. The van der Waals surface area contributed by atoms with Crippen LogP contribution in [0.25, 0.3) is 5.69 Å². The Hall–Kier alpha value is -3.68.